The van der Waals surface area contributed by atoms with Crippen molar-refractivity contribution in [2.24, 2.45) is 5.41 Å². The summed E-state index contributed by atoms with van der Waals surface area (Å²) < 4.78 is 30.6. The van der Waals surface area contributed by atoms with Crippen molar-refractivity contribution >= 4 is 5.97 Å². The van der Waals surface area contributed by atoms with Crippen molar-refractivity contribution in [3.63, 3.8) is 0 Å². The van der Waals surface area contributed by atoms with E-state index < -0.39 is 24.2 Å². The summed E-state index contributed by atoms with van der Waals surface area (Å²) in [6.07, 6.45) is -2.68. The monoisotopic (exact) mass is 342 g/mol. The summed E-state index contributed by atoms with van der Waals surface area (Å²) in [5.74, 6) is -0.546. The highest BCUT2D eigenvalue weighted by Gasteiger charge is 2.43. The minimum Gasteiger partial charge on any atom is -0.481 e. The van der Waals surface area contributed by atoms with Crippen LogP contribution >= 0.6 is 0 Å². The fourth-order valence-electron chi connectivity index (χ4n) is 3.33. The molecule has 0 bridgehead atoms. The summed E-state index contributed by atoms with van der Waals surface area (Å²) in [5.41, 5.74) is 1.70. The second-order valence-electron chi connectivity index (χ2n) is 6.50. The maximum absolute atomic E-state index is 12.7. The topological polar surface area (TPSA) is 62.7 Å². The Morgan fingerprint density at radius 1 is 1.42 bits per heavy atom. The molecule has 0 unspecified atom stereocenters. The first kappa shape index (κ1) is 18.6. The fourth-order valence-corrected chi connectivity index (χ4v) is 3.33. The van der Waals surface area contributed by atoms with Crippen LogP contribution in [0, 0.1) is 19.3 Å². The summed E-state index contributed by atoms with van der Waals surface area (Å²) in [7, 11) is 1.57. The van der Waals surface area contributed by atoms with E-state index in [-0.39, 0.29) is 12.8 Å². The largest absolute Gasteiger partial charge is 0.481 e. The standard InChI is InChI=1S/C17H24F2N2O3/c1-11-8-15(24-3)20-12(2)13(11)10-21-6-4-17(5-7-21,16(22)23)9-14(18)19/h8,14H,4-7,9-10H2,1-3H3,(H,22,23). The lowest BCUT2D eigenvalue weighted by Crippen LogP contribution is -2.45. The van der Waals surface area contributed by atoms with Gasteiger partial charge in [0, 0.05) is 24.7 Å². The van der Waals surface area contributed by atoms with Crippen LogP contribution in [0.15, 0.2) is 6.07 Å². The molecule has 1 saturated heterocycles. The normalized spacial score (nSPS) is 17.9. The molecule has 1 N–H and O–H groups in total. The van der Waals surface area contributed by atoms with E-state index in [9.17, 15) is 18.7 Å². The summed E-state index contributed by atoms with van der Waals surface area (Å²) in [4.78, 5) is 18.0. The average Bonchev–Trinajstić information content (AvgIpc) is 2.51. The van der Waals surface area contributed by atoms with E-state index in [1.807, 2.05) is 19.9 Å². The molecular weight excluding hydrogens is 318 g/mol. The number of likely N-dealkylation sites (tertiary alicyclic amines) is 1. The molecule has 24 heavy (non-hydrogen) atoms. The second kappa shape index (κ2) is 7.42. The maximum Gasteiger partial charge on any atom is 0.309 e. The Hall–Kier alpha value is -1.76. The zero-order valence-electron chi connectivity index (χ0n) is 14.3. The van der Waals surface area contributed by atoms with Gasteiger partial charge in [0.05, 0.1) is 12.5 Å². The number of carboxylic acids is 1. The number of hydrogen-bond donors (Lipinski definition) is 1. The number of piperidine rings is 1. The lowest BCUT2D eigenvalue weighted by molar-refractivity contribution is -0.155. The number of aryl methyl sites for hydroxylation is 2. The van der Waals surface area contributed by atoms with Crippen LogP contribution in [0.1, 0.15) is 36.1 Å². The predicted molar refractivity (Wildman–Crippen MR) is 85.5 cm³/mol. The number of alkyl halides is 2. The van der Waals surface area contributed by atoms with E-state index in [4.69, 9.17) is 4.74 Å². The number of methoxy groups -OCH3 is 1. The molecule has 1 aromatic heterocycles. The van der Waals surface area contributed by atoms with Gasteiger partial charge in [0.1, 0.15) is 0 Å². The summed E-state index contributed by atoms with van der Waals surface area (Å²) in [6, 6.07) is 1.87. The van der Waals surface area contributed by atoms with Gasteiger partial charge in [0.2, 0.25) is 12.3 Å². The number of carboxylic acid groups (broad SMARTS) is 1. The quantitative estimate of drug-likeness (QED) is 0.861. The van der Waals surface area contributed by atoms with Crippen LogP contribution in [0.4, 0.5) is 8.78 Å². The number of halogens is 2. The van der Waals surface area contributed by atoms with E-state index in [1.165, 1.54) is 0 Å². The highest BCUT2D eigenvalue weighted by molar-refractivity contribution is 5.74. The number of ether oxygens (including phenoxy) is 1. The number of carbonyl (C=O) groups is 1. The number of nitrogens with zero attached hydrogens (tertiary/aromatic N) is 2. The van der Waals surface area contributed by atoms with E-state index >= 15 is 0 Å². The SMILES string of the molecule is COc1cc(C)c(CN2CCC(CC(F)F)(C(=O)O)CC2)c(C)n1. The van der Waals surface area contributed by atoms with Crippen molar-refractivity contribution in [1.82, 2.24) is 9.88 Å². The first-order chi connectivity index (χ1) is 11.3. The Morgan fingerprint density at radius 2 is 2.04 bits per heavy atom. The number of aromatic nitrogens is 1. The van der Waals surface area contributed by atoms with Gasteiger partial charge in [-0.15, -0.1) is 0 Å². The highest BCUT2D eigenvalue weighted by atomic mass is 19.3. The molecule has 0 amide bonds. The van der Waals surface area contributed by atoms with Crippen LogP contribution in [0.2, 0.25) is 0 Å². The lowest BCUT2D eigenvalue weighted by Gasteiger charge is -2.39. The molecule has 5 nitrogen and oxygen atoms in total. The average molecular weight is 342 g/mol. The van der Waals surface area contributed by atoms with Gasteiger partial charge in [-0.2, -0.15) is 0 Å². The Kier molecular flexibility index (Phi) is 5.74. The van der Waals surface area contributed by atoms with E-state index in [0.29, 0.717) is 25.5 Å². The van der Waals surface area contributed by atoms with Crippen molar-refractivity contribution < 1.29 is 23.4 Å². The van der Waals surface area contributed by atoms with Crippen LogP contribution < -0.4 is 4.74 Å². The van der Waals surface area contributed by atoms with Crippen molar-refractivity contribution in [1.29, 1.82) is 0 Å². The summed E-state index contributed by atoms with van der Waals surface area (Å²) in [6.45, 7) is 5.51. The minimum atomic E-state index is -2.59. The zero-order valence-corrected chi connectivity index (χ0v) is 14.3. The Labute approximate surface area is 140 Å². The molecule has 0 radical (unpaired) electrons. The smallest absolute Gasteiger partial charge is 0.309 e. The molecule has 1 aliphatic heterocycles. The molecule has 1 aromatic rings. The van der Waals surface area contributed by atoms with Crippen molar-refractivity contribution in [2.75, 3.05) is 20.2 Å². The third-order valence-corrected chi connectivity index (χ3v) is 4.93. The number of hydrogen-bond acceptors (Lipinski definition) is 4. The Balaban J connectivity index is 2.07. The van der Waals surface area contributed by atoms with Gasteiger partial charge < -0.3 is 9.84 Å². The Bertz CT molecular complexity index is 576. The van der Waals surface area contributed by atoms with Gasteiger partial charge >= 0.3 is 5.97 Å². The third-order valence-electron chi connectivity index (χ3n) is 4.93. The summed E-state index contributed by atoms with van der Waals surface area (Å²) in [5, 5.41) is 9.38. The van der Waals surface area contributed by atoms with Gasteiger partial charge in [0.15, 0.2) is 0 Å². The molecule has 0 spiro atoms. The Morgan fingerprint density at radius 3 is 2.50 bits per heavy atom. The van der Waals surface area contributed by atoms with Crippen LogP contribution in [-0.4, -0.2) is 47.6 Å². The van der Waals surface area contributed by atoms with Crippen LogP contribution in [-0.2, 0) is 11.3 Å². The highest BCUT2D eigenvalue weighted by Crippen LogP contribution is 2.38. The molecule has 0 aliphatic carbocycles. The van der Waals surface area contributed by atoms with Crippen molar-refractivity contribution in [3.05, 3.63) is 22.9 Å². The fraction of sp³-hybridized carbons (Fsp3) is 0.647. The molecule has 2 heterocycles. The summed E-state index contributed by atoms with van der Waals surface area (Å²) >= 11 is 0. The second-order valence-corrected chi connectivity index (χ2v) is 6.50. The predicted octanol–water partition coefficient (Wildman–Crippen LogP) is 3.03. The first-order valence-corrected chi connectivity index (χ1v) is 8.02. The first-order valence-electron chi connectivity index (χ1n) is 8.02. The van der Waals surface area contributed by atoms with E-state index in [0.717, 1.165) is 16.8 Å². The molecule has 7 heteroatoms. The van der Waals surface area contributed by atoms with Crippen molar-refractivity contribution in [2.45, 2.75) is 46.1 Å². The van der Waals surface area contributed by atoms with Gasteiger partial charge in [-0.05, 0) is 50.9 Å². The molecule has 0 aromatic carbocycles. The van der Waals surface area contributed by atoms with Crippen LogP contribution in [0.5, 0.6) is 5.88 Å². The number of aliphatic carboxylic acids is 1. The van der Waals surface area contributed by atoms with Gasteiger partial charge in [-0.3, -0.25) is 9.69 Å². The van der Waals surface area contributed by atoms with Crippen LogP contribution in [0.25, 0.3) is 0 Å². The van der Waals surface area contributed by atoms with Crippen molar-refractivity contribution in [3.8, 4) is 5.88 Å². The molecule has 2 rings (SSSR count). The van der Waals surface area contributed by atoms with Gasteiger partial charge in [-0.1, -0.05) is 0 Å². The third kappa shape index (κ3) is 4.01. The van der Waals surface area contributed by atoms with Gasteiger partial charge in [-0.25, -0.2) is 13.8 Å². The molecule has 0 atom stereocenters. The molecular formula is C17H24F2N2O3. The van der Waals surface area contributed by atoms with E-state index in [2.05, 4.69) is 9.88 Å². The van der Waals surface area contributed by atoms with Gasteiger partial charge in [0.25, 0.3) is 0 Å². The lowest BCUT2D eigenvalue weighted by atomic mass is 9.75. The number of pyridine rings is 1. The minimum absolute atomic E-state index is 0.244. The van der Waals surface area contributed by atoms with Crippen LogP contribution in [0.3, 0.4) is 0 Å². The maximum atomic E-state index is 12.7. The molecule has 0 saturated carbocycles. The zero-order chi connectivity index (χ0) is 17.9. The molecule has 1 aliphatic rings. The number of rotatable bonds is 6. The van der Waals surface area contributed by atoms with E-state index in [1.54, 1.807) is 7.11 Å². The molecule has 1 fully saturated rings. The molecule has 134 valence electrons.